The molecule has 9 heteroatoms. The zero-order valence-corrected chi connectivity index (χ0v) is 15.2. The number of amides is 1. The number of rotatable bonds is 3. The first-order valence-electron chi connectivity index (χ1n) is 7.15. The topological polar surface area (TPSA) is 99.0 Å². The second-order valence-electron chi connectivity index (χ2n) is 5.12. The number of carbonyl (C=O) groups is 2. The molecule has 3 N–H and O–H groups in total. The monoisotopic (exact) mass is 408 g/mol. The van der Waals surface area contributed by atoms with Gasteiger partial charge in [-0.1, -0.05) is 29.3 Å². The molecule has 1 saturated heterocycles. The van der Waals surface area contributed by atoms with Gasteiger partial charge in [-0.3, -0.25) is 4.79 Å². The van der Waals surface area contributed by atoms with Gasteiger partial charge in [-0.25, -0.2) is 9.79 Å². The quantitative estimate of drug-likeness (QED) is 0.657. The van der Waals surface area contributed by atoms with Gasteiger partial charge in [0.2, 0.25) is 0 Å². The summed E-state index contributed by atoms with van der Waals surface area (Å²) in [6, 6.07) is 8.76. The van der Waals surface area contributed by atoms with Crippen molar-refractivity contribution in [3.8, 4) is 5.75 Å². The fraction of sp³-hybridized carbons (Fsp3) is 0. The van der Waals surface area contributed by atoms with Crippen molar-refractivity contribution < 1.29 is 19.8 Å². The number of thioether (sulfide) groups is 1. The number of aromatic hydroxyl groups is 1. The second-order valence-corrected chi connectivity index (χ2v) is 6.97. The fourth-order valence-corrected chi connectivity index (χ4v) is 3.49. The Bertz CT molecular complexity index is 968. The first kappa shape index (κ1) is 18.3. The molecule has 1 fully saturated rings. The Morgan fingerprint density at radius 1 is 1.19 bits per heavy atom. The van der Waals surface area contributed by atoms with Gasteiger partial charge in [-0.2, -0.15) is 0 Å². The summed E-state index contributed by atoms with van der Waals surface area (Å²) in [6.45, 7) is 0. The molecule has 2 aromatic rings. The molecule has 3 rings (SSSR count). The third-order valence-corrected chi connectivity index (χ3v) is 4.93. The fourth-order valence-electron chi connectivity index (χ4n) is 2.16. The highest BCUT2D eigenvalue weighted by Gasteiger charge is 2.25. The number of benzene rings is 2. The predicted molar refractivity (Wildman–Crippen MR) is 102 cm³/mol. The Morgan fingerprint density at radius 2 is 1.88 bits per heavy atom. The molecular weight excluding hydrogens is 399 g/mol. The maximum Gasteiger partial charge on any atom is 0.338 e. The van der Waals surface area contributed by atoms with E-state index in [1.807, 2.05) is 0 Å². The average molecular weight is 409 g/mol. The maximum absolute atomic E-state index is 12.2. The van der Waals surface area contributed by atoms with Crippen molar-refractivity contribution in [1.82, 2.24) is 5.32 Å². The van der Waals surface area contributed by atoms with Crippen LogP contribution in [0.15, 0.2) is 46.3 Å². The van der Waals surface area contributed by atoms with Crippen LogP contribution in [0, 0.1) is 0 Å². The van der Waals surface area contributed by atoms with Crippen molar-refractivity contribution in [3.05, 3.63) is 62.5 Å². The number of hydrogen-bond acceptors (Lipinski definition) is 5. The molecule has 132 valence electrons. The SMILES string of the molecule is O=C1NC(=Nc2ccc(O)cc2C(=O)O)S/C1=C\c1c(Cl)cccc1Cl. The van der Waals surface area contributed by atoms with Gasteiger partial charge in [-0.15, -0.1) is 0 Å². The molecule has 0 atom stereocenters. The zero-order chi connectivity index (χ0) is 18.8. The van der Waals surface area contributed by atoms with E-state index in [1.165, 1.54) is 12.1 Å². The number of carbonyl (C=O) groups excluding carboxylic acids is 1. The molecule has 0 bridgehead atoms. The number of aromatic carboxylic acids is 1. The first-order valence-corrected chi connectivity index (χ1v) is 8.72. The lowest BCUT2D eigenvalue weighted by Crippen LogP contribution is -2.19. The molecule has 0 aromatic heterocycles. The molecule has 0 aliphatic carbocycles. The summed E-state index contributed by atoms with van der Waals surface area (Å²) < 4.78 is 0. The lowest BCUT2D eigenvalue weighted by Gasteiger charge is -2.02. The number of nitrogens with zero attached hydrogens (tertiary/aromatic N) is 1. The van der Waals surface area contributed by atoms with Gasteiger partial charge in [-0.05, 0) is 48.2 Å². The Balaban J connectivity index is 1.95. The van der Waals surface area contributed by atoms with Gasteiger partial charge < -0.3 is 15.5 Å². The molecular formula is C17H10Cl2N2O4S. The van der Waals surface area contributed by atoms with Crippen LogP contribution in [0.2, 0.25) is 10.0 Å². The number of carboxylic acid groups (broad SMARTS) is 1. The van der Waals surface area contributed by atoms with Crippen LogP contribution >= 0.6 is 35.0 Å². The summed E-state index contributed by atoms with van der Waals surface area (Å²) in [5.41, 5.74) is 0.430. The molecule has 1 aliphatic heterocycles. The molecule has 1 amide bonds. The van der Waals surface area contributed by atoms with E-state index in [4.69, 9.17) is 23.2 Å². The predicted octanol–water partition coefficient (Wildman–Crippen LogP) is 4.29. The smallest absolute Gasteiger partial charge is 0.338 e. The van der Waals surface area contributed by atoms with Crippen LogP contribution in [-0.2, 0) is 4.79 Å². The van der Waals surface area contributed by atoms with Crippen molar-refractivity contribution in [1.29, 1.82) is 0 Å². The molecule has 2 aromatic carbocycles. The van der Waals surface area contributed by atoms with Gasteiger partial charge >= 0.3 is 5.97 Å². The number of halogens is 2. The number of nitrogens with one attached hydrogen (secondary N) is 1. The van der Waals surface area contributed by atoms with Crippen LogP contribution in [0.4, 0.5) is 5.69 Å². The van der Waals surface area contributed by atoms with E-state index >= 15 is 0 Å². The van der Waals surface area contributed by atoms with Gasteiger partial charge in [0, 0.05) is 15.6 Å². The third-order valence-electron chi connectivity index (χ3n) is 3.36. The summed E-state index contributed by atoms with van der Waals surface area (Å²) in [6.07, 6.45) is 1.54. The molecule has 0 unspecified atom stereocenters. The van der Waals surface area contributed by atoms with E-state index in [2.05, 4.69) is 10.3 Å². The van der Waals surface area contributed by atoms with E-state index in [-0.39, 0.29) is 22.2 Å². The normalized spacial score (nSPS) is 16.9. The second kappa shape index (κ2) is 7.41. The highest BCUT2D eigenvalue weighted by atomic mass is 35.5. The van der Waals surface area contributed by atoms with Gasteiger partial charge in [0.05, 0.1) is 16.2 Å². The first-order chi connectivity index (χ1) is 12.3. The maximum atomic E-state index is 12.2. The number of phenols is 1. The Morgan fingerprint density at radius 3 is 2.54 bits per heavy atom. The van der Waals surface area contributed by atoms with Crippen molar-refractivity contribution in [2.75, 3.05) is 0 Å². The van der Waals surface area contributed by atoms with Crippen molar-refractivity contribution in [2.45, 2.75) is 0 Å². The minimum absolute atomic E-state index is 0.107. The summed E-state index contributed by atoms with van der Waals surface area (Å²) >= 11 is 13.2. The number of carboxylic acids is 1. The van der Waals surface area contributed by atoms with Gasteiger partial charge in [0.1, 0.15) is 5.75 Å². The van der Waals surface area contributed by atoms with Crippen LogP contribution in [0.25, 0.3) is 6.08 Å². The minimum Gasteiger partial charge on any atom is -0.508 e. The summed E-state index contributed by atoms with van der Waals surface area (Å²) in [7, 11) is 0. The molecule has 0 saturated carbocycles. The van der Waals surface area contributed by atoms with Crippen LogP contribution in [0.3, 0.4) is 0 Å². The zero-order valence-electron chi connectivity index (χ0n) is 12.9. The van der Waals surface area contributed by atoms with E-state index in [1.54, 1.807) is 24.3 Å². The summed E-state index contributed by atoms with van der Waals surface area (Å²) in [5.74, 6) is -1.84. The van der Waals surface area contributed by atoms with Gasteiger partial charge in [0.25, 0.3) is 5.91 Å². The Hall–Kier alpha value is -2.48. The molecule has 6 nitrogen and oxygen atoms in total. The van der Waals surface area contributed by atoms with Crippen LogP contribution in [0.5, 0.6) is 5.75 Å². The van der Waals surface area contributed by atoms with Crippen molar-refractivity contribution >= 4 is 63.8 Å². The largest absolute Gasteiger partial charge is 0.508 e. The number of hydrogen-bond donors (Lipinski definition) is 3. The Labute approximate surface area is 162 Å². The van der Waals surface area contributed by atoms with Crippen LogP contribution in [0.1, 0.15) is 15.9 Å². The number of phenolic OH excluding ortho intramolecular Hbond substituents is 1. The average Bonchev–Trinajstić information content (AvgIpc) is 2.92. The standard InChI is InChI=1S/C17H10Cl2N2O4S/c18-11-2-1-3-12(19)9(11)7-14-15(23)21-17(26-14)20-13-5-4-8(22)6-10(13)16(24)25/h1-7,22H,(H,24,25)(H,20,21,23)/b14-7-. The molecule has 1 heterocycles. The minimum atomic E-state index is -1.24. The van der Waals surface area contributed by atoms with E-state index in [9.17, 15) is 19.8 Å². The Kier molecular flexibility index (Phi) is 5.22. The lowest BCUT2D eigenvalue weighted by atomic mass is 10.2. The number of aliphatic imine (C=N–C) groups is 1. The van der Waals surface area contributed by atoms with Crippen molar-refractivity contribution in [3.63, 3.8) is 0 Å². The highest BCUT2D eigenvalue weighted by Crippen LogP contribution is 2.33. The van der Waals surface area contributed by atoms with E-state index in [0.717, 1.165) is 17.8 Å². The molecule has 26 heavy (non-hydrogen) atoms. The third kappa shape index (κ3) is 3.85. The number of amidine groups is 1. The van der Waals surface area contributed by atoms with Crippen LogP contribution < -0.4 is 5.32 Å². The molecule has 0 radical (unpaired) electrons. The molecule has 1 aliphatic rings. The van der Waals surface area contributed by atoms with Crippen LogP contribution in [-0.4, -0.2) is 27.3 Å². The molecule has 0 spiro atoms. The van der Waals surface area contributed by atoms with Crippen molar-refractivity contribution in [2.24, 2.45) is 4.99 Å². The van der Waals surface area contributed by atoms with Gasteiger partial charge in [0.15, 0.2) is 5.17 Å². The highest BCUT2D eigenvalue weighted by molar-refractivity contribution is 8.18. The summed E-state index contributed by atoms with van der Waals surface area (Å²) in [4.78, 5) is 27.9. The summed E-state index contributed by atoms with van der Waals surface area (Å²) in [5, 5.41) is 22.2. The van der Waals surface area contributed by atoms with E-state index < -0.39 is 11.9 Å². The van der Waals surface area contributed by atoms with E-state index in [0.29, 0.717) is 20.5 Å². The lowest BCUT2D eigenvalue weighted by molar-refractivity contribution is -0.115.